The minimum atomic E-state index is -4.46. The van der Waals surface area contributed by atoms with Crippen molar-refractivity contribution in [2.45, 2.75) is 37.5 Å². The lowest BCUT2D eigenvalue weighted by Crippen LogP contribution is -2.46. The highest BCUT2D eigenvalue weighted by Crippen LogP contribution is 2.32. The van der Waals surface area contributed by atoms with E-state index in [1.54, 1.807) is 0 Å². The van der Waals surface area contributed by atoms with Crippen molar-refractivity contribution in [3.05, 3.63) is 5.82 Å². The van der Waals surface area contributed by atoms with E-state index in [1.165, 1.54) is 0 Å². The molecule has 3 rings (SSSR count). The summed E-state index contributed by atoms with van der Waals surface area (Å²) in [6.45, 7) is 3.41. The lowest BCUT2D eigenvalue weighted by molar-refractivity contribution is -0.144. The Balaban J connectivity index is 1.60. The van der Waals surface area contributed by atoms with Crippen LogP contribution in [-0.2, 0) is 6.18 Å². The molecule has 0 amide bonds. The standard InChI is InChI=1S/C12H18F3N5S/c13-12(14,15)10-17-11(21-18-10)20-6-3-9(7-20)19-4-1-8(16)2-5-19/h8-9H,1-7,16H2. The van der Waals surface area contributed by atoms with Crippen molar-refractivity contribution < 1.29 is 13.2 Å². The minimum absolute atomic E-state index is 0.288. The number of aromatic nitrogens is 2. The quantitative estimate of drug-likeness (QED) is 0.896. The molecule has 2 aliphatic rings. The van der Waals surface area contributed by atoms with Gasteiger partial charge in [-0.1, -0.05) is 0 Å². The highest BCUT2D eigenvalue weighted by Gasteiger charge is 2.38. The fourth-order valence-corrected chi connectivity index (χ4v) is 3.68. The van der Waals surface area contributed by atoms with Crippen molar-refractivity contribution in [1.29, 1.82) is 0 Å². The second-order valence-electron chi connectivity index (χ2n) is 5.66. The average Bonchev–Trinajstić information content (AvgIpc) is 3.07. The third-order valence-corrected chi connectivity index (χ3v) is 4.97. The van der Waals surface area contributed by atoms with Crippen LogP contribution in [0.25, 0.3) is 0 Å². The van der Waals surface area contributed by atoms with Gasteiger partial charge in [0.05, 0.1) is 0 Å². The second-order valence-corrected chi connectivity index (χ2v) is 6.39. The van der Waals surface area contributed by atoms with Crippen LogP contribution < -0.4 is 10.6 Å². The predicted molar refractivity (Wildman–Crippen MR) is 74.3 cm³/mol. The zero-order valence-corrected chi connectivity index (χ0v) is 12.3. The number of rotatable bonds is 2. The van der Waals surface area contributed by atoms with E-state index in [2.05, 4.69) is 14.3 Å². The van der Waals surface area contributed by atoms with Gasteiger partial charge in [0.1, 0.15) is 0 Å². The summed E-state index contributed by atoms with van der Waals surface area (Å²) in [5.41, 5.74) is 5.90. The van der Waals surface area contributed by atoms with Gasteiger partial charge in [-0.2, -0.15) is 22.5 Å². The Morgan fingerprint density at radius 3 is 2.48 bits per heavy atom. The van der Waals surface area contributed by atoms with Crippen molar-refractivity contribution in [1.82, 2.24) is 14.3 Å². The zero-order valence-electron chi connectivity index (χ0n) is 11.5. The molecule has 2 N–H and O–H groups in total. The summed E-state index contributed by atoms with van der Waals surface area (Å²) in [4.78, 5) is 7.93. The van der Waals surface area contributed by atoms with Gasteiger partial charge in [-0.25, -0.2) is 0 Å². The maximum atomic E-state index is 12.5. The number of hydrogen-bond donors (Lipinski definition) is 1. The fourth-order valence-electron chi connectivity index (χ4n) is 2.96. The molecule has 3 heterocycles. The largest absolute Gasteiger partial charge is 0.452 e. The highest BCUT2D eigenvalue weighted by molar-refractivity contribution is 7.09. The first-order chi connectivity index (χ1) is 9.93. The summed E-state index contributed by atoms with van der Waals surface area (Å²) in [6, 6.07) is 0.673. The first kappa shape index (κ1) is 15.0. The molecule has 2 fully saturated rings. The summed E-state index contributed by atoms with van der Waals surface area (Å²) in [6.07, 6.45) is -1.52. The molecule has 0 aliphatic carbocycles. The SMILES string of the molecule is NC1CCN(C2CCN(c3nc(C(F)(F)F)ns3)C2)CC1. The van der Waals surface area contributed by atoms with Gasteiger partial charge in [0.25, 0.3) is 0 Å². The van der Waals surface area contributed by atoms with Gasteiger partial charge in [0, 0.05) is 36.7 Å². The van der Waals surface area contributed by atoms with Crippen molar-refractivity contribution >= 4 is 16.7 Å². The molecule has 2 aliphatic heterocycles. The molecular weight excluding hydrogens is 303 g/mol. The van der Waals surface area contributed by atoms with E-state index < -0.39 is 12.0 Å². The van der Waals surface area contributed by atoms with E-state index in [0.29, 0.717) is 11.2 Å². The van der Waals surface area contributed by atoms with Crippen LogP contribution in [-0.4, -0.2) is 52.5 Å². The molecule has 0 spiro atoms. The van der Waals surface area contributed by atoms with Crippen LogP contribution in [0, 0.1) is 0 Å². The zero-order chi connectivity index (χ0) is 15.0. The van der Waals surface area contributed by atoms with Gasteiger partial charge >= 0.3 is 6.18 Å². The number of nitrogens with zero attached hydrogens (tertiary/aromatic N) is 4. The van der Waals surface area contributed by atoms with E-state index in [9.17, 15) is 13.2 Å². The van der Waals surface area contributed by atoms with Crippen LogP contribution in [0.1, 0.15) is 25.1 Å². The first-order valence-electron chi connectivity index (χ1n) is 7.09. The van der Waals surface area contributed by atoms with E-state index >= 15 is 0 Å². The molecule has 1 aromatic heterocycles. The molecular formula is C12H18F3N5S. The monoisotopic (exact) mass is 321 g/mol. The van der Waals surface area contributed by atoms with Gasteiger partial charge in [-0.05, 0) is 32.4 Å². The van der Waals surface area contributed by atoms with Crippen LogP contribution in [0.2, 0.25) is 0 Å². The summed E-state index contributed by atoms with van der Waals surface area (Å²) in [5.74, 6) is -1.03. The lowest BCUT2D eigenvalue weighted by Gasteiger charge is -2.34. The highest BCUT2D eigenvalue weighted by atomic mass is 32.1. The molecule has 1 aromatic rings. The van der Waals surface area contributed by atoms with Crippen molar-refractivity contribution in [3.63, 3.8) is 0 Å². The summed E-state index contributed by atoms with van der Waals surface area (Å²) in [7, 11) is 0. The molecule has 1 atom stereocenters. The molecule has 0 bridgehead atoms. The summed E-state index contributed by atoms with van der Waals surface area (Å²) in [5, 5.41) is 0.374. The van der Waals surface area contributed by atoms with Gasteiger partial charge in [-0.3, -0.25) is 4.90 Å². The maximum Gasteiger partial charge on any atom is 0.452 e. The Morgan fingerprint density at radius 1 is 1.14 bits per heavy atom. The second kappa shape index (κ2) is 5.69. The number of halogens is 3. The molecule has 0 aromatic carbocycles. The molecule has 21 heavy (non-hydrogen) atoms. The van der Waals surface area contributed by atoms with Crippen LogP contribution in [0.4, 0.5) is 18.3 Å². The Kier molecular flexibility index (Phi) is 4.06. The Morgan fingerprint density at radius 2 is 1.86 bits per heavy atom. The Bertz CT molecular complexity index is 483. The third-order valence-electron chi connectivity index (χ3n) is 4.19. The molecule has 9 heteroatoms. The van der Waals surface area contributed by atoms with Gasteiger partial charge in [0.15, 0.2) is 0 Å². The topological polar surface area (TPSA) is 58.3 Å². The summed E-state index contributed by atoms with van der Waals surface area (Å²) < 4.78 is 41.0. The number of alkyl halides is 3. The minimum Gasteiger partial charge on any atom is -0.345 e. The lowest BCUT2D eigenvalue weighted by atomic mass is 10.0. The number of likely N-dealkylation sites (tertiary alicyclic amines) is 1. The molecule has 0 saturated carbocycles. The average molecular weight is 321 g/mol. The van der Waals surface area contributed by atoms with Crippen LogP contribution >= 0.6 is 11.5 Å². The smallest absolute Gasteiger partial charge is 0.345 e. The van der Waals surface area contributed by atoms with E-state index in [4.69, 9.17) is 5.73 Å². The summed E-state index contributed by atoms with van der Waals surface area (Å²) >= 11 is 0.829. The van der Waals surface area contributed by atoms with Crippen LogP contribution in [0.5, 0.6) is 0 Å². The fraction of sp³-hybridized carbons (Fsp3) is 0.833. The molecule has 1 unspecified atom stereocenters. The van der Waals surface area contributed by atoms with Crippen LogP contribution in [0.15, 0.2) is 0 Å². The van der Waals surface area contributed by atoms with E-state index in [-0.39, 0.29) is 6.04 Å². The maximum absolute atomic E-state index is 12.5. The van der Waals surface area contributed by atoms with Crippen molar-refractivity contribution in [3.8, 4) is 0 Å². The predicted octanol–water partition coefficient (Wildman–Crippen LogP) is 1.56. The number of piperidine rings is 1. The van der Waals surface area contributed by atoms with Crippen molar-refractivity contribution in [2.75, 3.05) is 31.1 Å². The number of anilines is 1. The third kappa shape index (κ3) is 3.29. The van der Waals surface area contributed by atoms with E-state index in [1.807, 2.05) is 4.90 Å². The van der Waals surface area contributed by atoms with Gasteiger partial charge in [0.2, 0.25) is 11.0 Å². The first-order valence-corrected chi connectivity index (χ1v) is 7.86. The van der Waals surface area contributed by atoms with E-state index in [0.717, 1.165) is 57.0 Å². The van der Waals surface area contributed by atoms with Gasteiger partial charge in [-0.15, -0.1) is 0 Å². The van der Waals surface area contributed by atoms with Crippen LogP contribution in [0.3, 0.4) is 0 Å². The molecule has 0 radical (unpaired) electrons. The number of nitrogens with two attached hydrogens (primary N) is 1. The molecule has 5 nitrogen and oxygen atoms in total. The molecule has 118 valence electrons. The van der Waals surface area contributed by atoms with Crippen molar-refractivity contribution in [2.24, 2.45) is 5.73 Å². The molecule has 2 saturated heterocycles. The number of hydrogen-bond acceptors (Lipinski definition) is 6. The normalized spacial score (nSPS) is 25.7. The Labute approximate surface area is 125 Å². The Hall–Kier alpha value is -0.930. The van der Waals surface area contributed by atoms with Gasteiger partial charge < -0.3 is 10.6 Å².